The molecule has 0 fully saturated rings. The lowest BCUT2D eigenvalue weighted by Crippen LogP contribution is -2.42. The van der Waals surface area contributed by atoms with Gasteiger partial charge in [0.2, 0.25) is 5.91 Å². The molecule has 0 spiro atoms. The van der Waals surface area contributed by atoms with Crippen molar-refractivity contribution in [3.8, 4) is 0 Å². The molecule has 2 amide bonds. The van der Waals surface area contributed by atoms with E-state index in [1.165, 1.54) is 0 Å². The Kier molecular flexibility index (Phi) is 7.79. The molecular weight excluding hydrogens is 288 g/mol. The SMILES string of the molecule is CCCCCC(=O)Nc1ccc(C(=O)N(C(C)C)C(C)C)cc1. The summed E-state index contributed by atoms with van der Waals surface area (Å²) in [5.74, 6) is 0.0549. The molecule has 23 heavy (non-hydrogen) atoms. The number of amides is 2. The molecule has 0 atom stereocenters. The van der Waals surface area contributed by atoms with Gasteiger partial charge in [-0.25, -0.2) is 0 Å². The maximum atomic E-state index is 12.6. The minimum atomic E-state index is 0.0239. The van der Waals surface area contributed by atoms with E-state index in [0.29, 0.717) is 12.0 Å². The van der Waals surface area contributed by atoms with E-state index in [4.69, 9.17) is 0 Å². The second-order valence-corrected chi connectivity index (χ2v) is 6.48. The first-order valence-corrected chi connectivity index (χ1v) is 8.59. The molecule has 1 aromatic carbocycles. The van der Waals surface area contributed by atoms with Crippen molar-refractivity contribution in [2.45, 2.75) is 72.4 Å². The molecule has 0 radical (unpaired) electrons. The van der Waals surface area contributed by atoms with Crippen LogP contribution in [0, 0.1) is 0 Å². The molecule has 1 N–H and O–H groups in total. The highest BCUT2D eigenvalue weighted by molar-refractivity contribution is 5.96. The Hall–Kier alpha value is -1.84. The fourth-order valence-electron chi connectivity index (χ4n) is 2.67. The Morgan fingerprint density at radius 1 is 1.00 bits per heavy atom. The van der Waals surface area contributed by atoms with Crippen molar-refractivity contribution < 1.29 is 9.59 Å². The number of hydrogen-bond acceptors (Lipinski definition) is 2. The van der Waals surface area contributed by atoms with Crippen LogP contribution in [-0.2, 0) is 4.79 Å². The molecule has 0 aliphatic rings. The monoisotopic (exact) mass is 318 g/mol. The molecule has 0 bridgehead atoms. The molecule has 128 valence electrons. The number of carbonyl (C=O) groups excluding carboxylic acids is 2. The topological polar surface area (TPSA) is 49.4 Å². The van der Waals surface area contributed by atoms with Gasteiger partial charge in [0.1, 0.15) is 0 Å². The first-order valence-electron chi connectivity index (χ1n) is 8.59. The minimum absolute atomic E-state index is 0.0239. The van der Waals surface area contributed by atoms with E-state index in [9.17, 15) is 9.59 Å². The van der Waals surface area contributed by atoms with Gasteiger partial charge in [0.25, 0.3) is 5.91 Å². The third-order valence-electron chi connectivity index (χ3n) is 3.77. The lowest BCUT2D eigenvalue weighted by molar-refractivity contribution is -0.116. The van der Waals surface area contributed by atoms with Crippen LogP contribution < -0.4 is 5.32 Å². The van der Waals surface area contributed by atoms with E-state index in [1.807, 2.05) is 32.6 Å². The second-order valence-electron chi connectivity index (χ2n) is 6.48. The van der Waals surface area contributed by atoms with Gasteiger partial charge < -0.3 is 10.2 Å². The Bertz CT molecular complexity index is 499. The van der Waals surface area contributed by atoms with Gasteiger partial charge in [-0.15, -0.1) is 0 Å². The van der Waals surface area contributed by atoms with Crippen LogP contribution >= 0.6 is 0 Å². The molecular formula is C19H30N2O2. The summed E-state index contributed by atoms with van der Waals surface area (Å²) in [5, 5.41) is 2.88. The van der Waals surface area contributed by atoms with Crippen LogP contribution in [0.4, 0.5) is 5.69 Å². The van der Waals surface area contributed by atoms with Crippen LogP contribution in [0.15, 0.2) is 24.3 Å². The first-order chi connectivity index (χ1) is 10.9. The lowest BCUT2D eigenvalue weighted by atomic mass is 10.1. The summed E-state index contributed by atoms with van der Waals surface area (Å²) in [4.78, 5) is 26.2. The predicted molar refractivity (Wildman–Crippen MR) is 95.7 cm³/mol. The van der Waals surface area contributed by atoms with Crippen molar-refractivity contribution in [2.24, 2.45) is 0 Å². The van der Waals surface area contributed by atoms with Crippen molar-refractivity contribution in [3.05, 3.63) is 29.8 Å². The minimum Gasteiger partial charge on any atom is -0.334 e. The number of anilines is 1. The van der Waals surface area contributed by atoms with Crippen molar-refractivity contribution in [2.75, 3.05) is 5.32 Å². The molecule has 0 heterocycles. The van der Waals surface area contributed by atoms with Gasteiger partial charge in [0, 0.05) is 29.8 Å². The maximum absolute atomic E-state index is 12.6. The van der Waals surface area contributed by atoms with Gasteiger partial charge in [0.15, 0.2) is 0 Å². The summed E-state index contributed by atoms with van der Waals surface area (Å²) in [7, 11) is 0. The third kappa shape index (κ3) is 6.05. The van der Waals surface area contributed by atoms with Gasteiger partial charge >= 0.3 is 0 Å². The normalized spacial score (nSPS) is 10.9. The Labute approximate surface area is 140 Å². The predicted octanol–water partition coefficient (Wildman–Crippen LogP) is 4.46. The molecule has 0 aromatic heterocycles. The largest absolute Gasteiger partial charge is 0.334 e. The number of benzene rings is 1. The van der Waals surface area contributed by atoms with Crippen molar-refractivity contribution in [1.29, 1.82) is 0 Å². The van der Waals surface area contributed by atoms with Gasteiger partial charge in [-0.1, -0.05) is 19.8 Å². The summed E-state index contributed by atoms with van der Waals surface area (Å²) < 4.78 is 0. The van der Waals surface area contributed by atoms with Crippen LogP contribution in [0.1, 0.15) is 70.7 Å². The zero-order valence-electron chi connectivity index (χ0n) is 15.1. The number of hydrogen-bond donors (Lipinski definition) is 1. The summed E-state index contributed by atoms with van der Waals surface area (Å²) in [6.07, 6.45) is 3.63. The van der Waals surface area contributed by atoms with Crippen LogP contribution in [0.25, 0.3) is 0 Å². The van der Waals surface area contributed by atoms with Crippen molar-refractivity contribution >= 4 is 17.5 Å². The summed E-state index contributed by atoms with van der Waals surface area (Å²) in [6, 6.07) is 7.46. The average Bonchev–Trinajstić information content (AvgIpc) is 2.47. The summed E-state index contributed by atoms with van der Waals surface area (Å²) in [5.41, 5.74) is 1.39. The van der Waals surface area contributed by atoms with Crippen LogP contribution in [0.5, 0.6) is 0 Å². The highest BCUT2D eigenvalue weighted by Crippen LogP contribution is 2.15. The molecule has 4 heteroatoms. The number of unbranched alkanes of at least 4 members (excludes halogenated alkanes) is 2. The van der Waals surface area contributed by atoms with E-state index in [0.717, 1.165) is 24.9 Å². The van der Waals surface area contributed by atoms with E-state index in [2.05, 4.69) is 12.2 Å². The molecule has 0 aliphatic heterocycles. The zero-order chi connectivity index (χ0) is 17.4. The molecule has 0 aliphatic carbocycles. The Balaban J connectivity index is 2.69. The maximum Gasteiger partial charge on any atom is 0.254 e. The average molecular weight is 318 g/mol. The summed E-state index contributed by atoms with van der Waals surface area (Å²) in [6.45, 7) is 10.2. The quantitative estimate of drug-likeness (QED) is 0.719. The molecule has 1 aromatic rings. The van der Waals surface area contributed by atoms with Gasteiger partial charge in [0.05, 0.1) is 0 Å². The smallest absolute Gasteiger partial charge is 0.254 e. The van der Waals surface area contributed by atoms with Gasteiger partial charge in [-0.3, -0.25) is 9.59 Å². The number of carbonyl (C=O) groups is 2. The molecule has 4 nitrogen and oxygen atoms in total. The zero-order valence-corrected chi connectivity index (χ0v) is 15.1. The lowest BCUT2D eigenvalue weighted by Gasteiger charge is -2.30. The highest BCUT2D eigenvalue weighted by atomic mass is 16.2. The van der Waals surface area contributed by atoms with Crippen molar-refractivity contribution in [1.82, 2.24) is 4.90 Å². The van der Waals surface area contributed by atoms with Gasteiger partial charge in [-0.05, 0) is 58.4 Å². The van der Waals surface area contributed by atoms with E-state index in [1.54, 1.807) is 24.3 Å². The van der Waals surface area contributed by atoms with Crippen LogP contribution in [0.2, 0.25) is 0 Å². The van der Waals surface area contributed by atoms with E-state index >= 15 is 0 Å². The molecule has 1 rings (SSSR count). The number of nitrogens with zero attached hydrogens (tertiary/aromatic N) is 1. The van der Waals surface area contributed by atoms with Crippen LogP contribution in [-0.4, -0.2) is 28.8 Å². The first kappa shape index (κ1) is 19.2. The molecule has 0 unspecified atom stereocenters. The fourth-order valence-corrected chi connectivity index (χ4v) is 2.67. The molecule has 0 saturated carbocycles. The van der Waals surface area contributed by atoms with Crippen LogP contribution in [0.3, 0.4) is 0 Å². The third-order valence-corrected chi connectivity index (χ3v) is 3.77. The van der Waals surface area contributed by atoms with Crippen molar-refractivity contribution in [3.63, 3.8) is 0 Å². The Morgan fingerprint density at radius 2 is 1.57 bits per heavy atom. The highest BCUT2D eigenvalue weighted by Gasteiger charge is 2.21. The second kappa shape index (κ2) is 9.33. The van der Waals surface area contributed by atoms with E-state index in [-0.39, 0.29) is 23.9 Å². The fraction of sp³-hybridized carbons (Fsp3) is 0.579. The number of rotatable bonds is 8. The van der Waals surface area contributed by atoms with E-state index < -0.39 is 0 Å². The van der Waals surface area contributed by atoms with Gasteiger partial charge in [-0.2, -0.15) is 0 Å². The summed E-state index contributed by atoms with van der Waals surface area (Å²) >= 11 is 0. The molecule has 0 saturated heterocycles. The standard InChI is InChI=1S/C19H30N2O2/c1-6-7-8-9-18(22)20-17-12-10-16(11-13-17)19(23)21(14(2)3)15(4)5/h10-15H,6-9H2,1-5H3,(H,20,22). The number of nitrogens with one attached hydrogen (secondary N) is 1. The Morgan fingerprint density at radius 3 is 2.04 bits per heavy atom.